The minimum atomic E-state index is -3.54. The van der Waals surface area contributed by atoms with Gasteiger partial charge in [-0.25, -0.2) is 13.1 Å². The topological polar surface area (TPSA) is 76.9 Å². The molecule has 3 aromatic rings. The highest BCUT2D eigenvalue weighted by molar-refractivity contribution is 7.88. The summed E-state index contributed by atoms with van der Waals surface area (Å²) in [4.78, 5) is 4.45. The number of aromatic nitrogens is 3. The summed E-state index contributed by atoms with van der Waals surface area (Å²) in [6.07, 6.45) is 6.30. The summed E-state index contributed by atoms with van der Waals surface area (Å²) in [7, 11) is -3.54. The van der Waals surface area contributed by atoms with Crippen molar-refractivity contribution in [2.24, 2.45) is 0 Å². The Bertz CT molecular complexity index is 1080. The molecule has 0 spiro atoms. The minimum Gasteiger partial charge on any atom is -0.260 e. The number of pyridine rings is 1. The number of nitrogens with one attached hydrogen (secondary N) is 1. The lowest BCUT2D eigenvalue weighted by molar-refractivity contribution is 0.466. The monoisotopic (exact) mass is 430 g/mol. The second-order valence-electron chi connectivity index (χ2n) is 7.29. The summed E-state index contributed by atoms with van der Waals surface area (Å²) in [5.74, 6) is -0.164. The molecule has 2 aromatic heterocycles. The van der Waals surface area contributed by atoms with E-state index in [1.54, 1.807) is 30.5 Å². The first-order chi connectivity index (χ1) is 14.0. The van der Waals surface area contributed by atoms with Crippen molar-refractivity contribution in [3.63, 3.8) is 0 Å². The molecular formula is C21H23ClN4O2S. The number of rotatable bonds is 7. The molecule has 1 aliphatic carbocycles. The van der Waals surface area contributed by atoms with Gasteiger partial charge in [-0.3, -0.25) is 9.67 Å². The normalized spacial score (nSPS) is 15.1. The number of nitrogens with zero attached hydrogens (tertiary/aromatic N) is 3. The van der Waals surface area contributed by atoms with Crippen molar-refractivity contribution in [2.75, 3.05) is 0 Å². The maximum Gasteiger partial charge on any atom is 0.216 e. The van der Waals surface area contributed by atoms with E-state index in [-0.39, 0.29) is 12.3 Å². The van der Waals surface area contributed by atoms with E-state index in [1.807, 2.05) is 28.9 Å². The fourth-order valence-corrected chi connectivity index (χ4v) is 5.13. The van der Waals surface area contributed by atoms with Crippen LogP contribution in [0.5, 0.6) is 0 Å². The van der Waals surface area contributed by atoms with Crippen LogP contribution in [-0.2, 0) is 22.3 Å². The quantitative estimate of drug-likeness (QED) is 0.605. The Balaban J connectivity index is 1.53. The lowest BCUT2D eigenvalue weighted by Gasteiger charge is -2.13. The molecule has 1 N–H and O–H groups in total. The Morgan fingerprint density at radius 3 is 2.59 bits per heavy atom. The van der Waals surface area contributed by atoms with Gasteiger partial charge < -0.3 is 0 Å². The van der Waals surface area contributed by atoms with Crippen molar-refractivity contribution in [3.05, 3.63) is 71.0 Å². The third-order valence-electron chi connectivity index (χ3n) is 5.16. The third-order valence-corrected chi connectivity index (χ3v) is 6.80. The second-order valence-corrected chi connectivity index (χ2v) is 9.50. The van der Waals surface area contributed by atoms with Crippen molar-refractivity contribution >= 4 is 21.6 Å². The van der Waals surface area contributed by atoms with Gasteiger partial charge in [-0.2, -0.15) is 5.10 Å². The first kappa shape index (κ1) is 20.1. The maximum absolute atomic E-state index is 12.5. The van der Waals surface area contributed by atoms with Crippen LogP contribution in [0.4, 0.5) is 0 Å². The lowest BCUT2D eigenvalue weighted by atomic mass is 10.2. The Labute approximate surface area is 176 Å². The van der Waals surface area contributed by atoms with E-state index in [0.29, 0.717) is 22.3 Å². The Morgan fingerprint density at radius 2 is 1.86 bits per heavy atom. The van der Waals surface area contributed by atoms with E-state index in [1.165, 1.54) is 12.8 Å². The number of benzene rings is 1. The van der Waals surface area contributed by atoms with Crippen molar-refractivity contribution in [3.8, 4) is 11.4 Å². The molecule has 0 bridgehead atoms. The van der Waals surface area contributed by atoms with Crippen LogP contribution < -0.4 is 4.72 Å². The van der Waals surface area contributed by atoms with E-state index in [2.05, 4.69) is 9.71 Å². The van der Waals surface area contributed by atoms with Crippen molar-refractivity contribution in [2.45, 2.75) is 44.0 Å². The zero-order chi connectivity index (χ0) is 20.3. The second kappa shape index (κ2) is 8.65. The molecule has 1 fully saturated rings. The largest absolute Gasteiger partial charge is 0.260 e. The zero-order valence-electron chi connectivity index (χ0n) is 16.0. The highest BCUT2D eigenvalue weighted by Crippen LogP contribution is 2.33. The summed E-state index contributed by atoms with van der Waals surface area (Å²) in [6.45, 7) is 0.131. The number of hydrogen-bond acceptors (Lipinski definition) is 4. The van der Waals surface area contributed by atoms with Crippen molar-refractivity contribution < 1.29 is 8.42 Å². The smallest absolute Gasteiger partial charge is 0.216 e. The molecule has 0 radical (unpaired) electrons. The molecule has 0 atom stereocenters. The Kier molecular flexibility index (Phi) is 5.99. The van der Waals surface area contributed by atoms with Gasteiger partial charge >= 0.3 is 0 Å². The SMILES string of the molecule is O=S(=O)(Cc1ccccc1Cl)NCc1cc(-c2ccccn2)n(C2CCCC2)n1. The summed E-state index contributed by atoms with van der Waals surface area (Å²) < 4.78 is 29.7. The molecule has 29 heavy (non-hydrogen) atoms. The molecule has 2 heterocycles. The molecule has 0 aliphatic heterocycles. The molecule has 1 saturated carbocycles. The first-order valence-corrected chi connectivity index (χ1v) is 11.8. The average molecular weight is 431 g/mol. The van der Waals surface area contributed by atoms with Gasteiger partial charge in [0.2, 0.25) is 10.0 Å². The van der Waals surface area contributed by atoms with Gasteiger partial charge in [0.1, 0.15) is 0 Å². The highest BCUT2D eigenvalue weighted by Gasteiger charge is 2.23. The third kappa shape index (κ3) is 4.86. The number of sulfonamides is 1. The first-order valence-electron chi connectivity index (χ1n) is 9.72. The molecule has 8 heteroatoms. The van der Waals surface area contributed by atoms with Crippen LogP contribution in [0.25, 0.3) is 11.4 Å². The van der Waals surface area contributed by atoms with Gasteiger partial charge in [0.15, 0.2) is 0 Å². The van der Waals surface area contributed by atoms with Crippen LogP contribution in [0.15, 0.2) is 54.7 Å². The summed E-state index contributed by atoms with van der Waals surface area (Å²) in [5, 5.41) is 5.17. The molecule has 0 unspecified atom stereocenters. The van der Waals surface area contributed by atoms with Gasteiger partial charge in [-0.1, -0.05) is 48.7 Å². The summed E-state index contributed by atoms with van der Waals surface area (Å²) in [5.41, 5.74) is 3.03. The van der Waals surface area contributed by atoms with Crippen LogP contribution in [-0.4, -0.2) is 23.2 Å². The van der Waals surface area contributed by atoms with Crippen molar-refractivity contribution in [1.29, 1.82) is 0 Å². The Morgan fingerprint density at radius 1 is 1.10 bits per heavy atom. The van der Waals surface area contributed by atoms with E-state index >= 15 is 0 Å². The lowest BCUT2D eigenvalue weighted by Crippen LogP contribution is -2.25. The molecule has 0 saturated heterocycles. The van der Waals surface area contributed by atoms with Crippen LogP contribution in [0.1, 0.15) is 43.0 Å². The molecule has 4 rings (SSSR count). The average Bonchev–Trinajstić information content (AvgIpc) is 3.38. The van der Waals surface area contributed by atoms with E-state index in [9.17, 15) is 8.42 Å². The van der Waals surface area contributed by atoms with Gasteiger partial charge in [-0.15, -0.1) is 0 Å². The van der Waals surface area contributed by atoms with Gasteiger partial charge in [0, 0.05) is 11.2 Å². The molecule has 6 nitrogen and oxygen atoms in total. The predicted molar refractivity (Wildman–Crippen MR) is 114 cm³/mol. The van der Waals surface area contributed by atoms with Crippen LogP contribution >= 0.6 is 11.6 Å². The molecule has 1 aromatic carbocycles. The highest BCUT2D eigenvalue weighted by atomic mass is 35.5. The number of hydrogen-bond donors (Lipinski definition) is 1. The maximum atomic E-state index is 12.5. The standard InChI is InChI=1S/C21H23ClN4O2S/c22-19-10-4-1-7-16(19)15-29(27,28)24-14-17-13-21(20-11-5-6-12-23-20)26(25-17)18-8-2-3-9-18/h1,4-7,10-13,18,24H,2-3,8-9,14-15H2. The van der Waals surface area contributed by atoms with E-state index in [0.717, 1.165) is 24.2 Å². The number of halogens is 1. The van der Waals surface area contributed by atoms with Gasteiger partial charge in [0.25, 0.3) is 0 Å². The zero-order valence-corrected chi connectivity index (χ0v) is 17.5. The van der Waals surface area contributed by atoms with E-state index in [4.69, 9.17) is 16.7 Å². The van der Waals surface area contributed by atoms with Gasteiger partial charge in [0.05, 0.1) is 35.4 Å². The molecule has 0 amide bonds. The Hall–Kier alpha value is -2.22. The summed E-state index contributed by atoms with van der Waals surface area (Å²) in [6, 6.07) is 15.0. The van der Waals surface area contributed by atoms with Gasteiger partial charge in [-0.05, 0) is 42.7 Å². The van der Waals surface area contributed by atoms with Crippen molar-refractivity contribution in [1.82, 2.24) is 19.5 Å². The van der Waals surface area contributed by atoms with Crippen LogP contribution in [0, 0.1) is 0 Å². The molecular weight excluding hydrogens is 408 g/mol. The predicted octanol–water partition coefficient (Wildman–Crippen LogP) is 4.33. The van der Waals surface area contributed by atoms with Crippen LogP contribution in [0.3, 0.4) is 0 Å². The fraction of sp³-hybridized carbons (Fsp3) is 0.333. The minimum absolute atomic E-state index is 0.131. The molecule has 1 aliphatic rings. The fourth-order valence-electron chi connectivity index (χ4n) is 3.72. The molecule has 152 valence electrons. The summed E-state index contributed by atoms with van der Waals surface area (Å²) >= 11 is 6.10. The van der Waals surface area contributed by atoms with E-state index < -0.39 is 10.0 Å². The van der Waals surface area contributed by atoms with Crippen LogP contribution in [0.2, 0.25) is 5.02 Å².